The summed E-state index contributed by atoms with van der Waals surface area (Å²) in [6.07, 6.45) is 2.14. The van der Waals surface area contributed by atoms with Crippen LogP contribution in [-0.2, 0) is 27.4 Å². The predicted molar refractivity (Wildman–Crippen MR) is 146 cm³/mol. The van der Waals surface area contributed by atoms with Gasteiger partial charge in [-0.25, -0.2) is 4.79 Å². The lowest BCUT2D eigenvalue weighted by Gasteiger charge is -2.28. The Labute approximate surface area is 227 Å². The molecule has 2 aromatic carbocycles. The number of fused-ring (bicyclic) bond motifs is 1. The molecule has 5 rings (SSSR count). The average molecular weight is 532 g/mol. The second-order valence-corrected chi connectivity index (χ2v) is 9.65. The lowest BCUT2D eigenvalue weighted by molar-refractivity contribution is -0.143. The first-order valence-corrected chi connectivity index (χ1v) is 13.3. The van der Waals surface area contributed by atoms with Crippen LogP contribution in [0.1, 0.15) is 59.5 Å². The molecule has 0 aliphatic carbocycles. The van der Waals surface area contributed by atoms with Gasteiger partial charge in [0.05, 0.1) is 25.4 Å². The number of amides is 2. The summed E-state index contributed by atoms with van der Waals surface area (Å²) in [5, 5.41) is 7.20. The number of nitrogens with zero attached hydrogens (tertiary/aromatic N) is 4. The number of piperidine rings is 1. The minimum Gasteiger partial charge on any atom is -0.448 e. The van der Waals surface area contributed by atoms with Crippen LogP contribution < -0.4 is 10.2 Å². The maximum atomic E-state index is 13.4. The number of methoxy groups -OCH3 is 1. The Morgan fingerprint density at radius 2 is 1.69 bits per heavy atom. The van der Waals surface area contributed by atoms with Gasteiger partial charge in [0.1, 0.15) is 0 Å². The van der Waals surface area contributed by atoms with E-state index in [4.69, 9.17) is 9.47 Å². The fraction of sp³-hybridized carbons (Fsp3) is 0.379. The lowest BCUT2D eigenvalue weighted by Crippen LogP contribution is -2.33. The number of rotatable bonds is 7. The van der Waals surface area contributed by atoms with Crippen LogP contribution >= 0.6 is 0 Å². The molecule has 0 radical (unpaired) electrons. The van der Waals surface area contributed by atoms with E-state index < -0.39 is 12.2 Å². The van der Waals surface area contributed by atoms with E-state index in [1.165, 1.54) is 26.4 Å². The van der Waals surface area contributed by atoms with Crippen LogP contribution in [0, 0.1) is 0 Å². The van der Waals surface area contributed by atoms with Gasteiger partial charge in [-0.15, -0.1) is 5.10 Å². The summed E-state index contributed by atoms with van der Waals surface area (Å²) in [4.78, 5) is 43.2. The van der Waals surface area contributed by atoms with Crippen LogP contribution in [0.2, 0.25) is 0 Å². The van der Waals surface area contributed by atoms with Crippen molar-refractivity contribution in [2.75, 3.05) is 37.0 Å². The topological polar surface area (TPSA) is 106 Å². The third kappa shape index (κ3) is 5.51. The zero-order valence-electron chi connectivity index (χ0n) is 22.3. The number of ether oxygens (including phenoxy) is 2. The third-order valence-electron chi connectivity index (χ3n) is 7.18. The van der Waals surface area contributed by atoms with E-state index >= 15 is 0 Å². The predicted octanol–water partition coefficient (Wildman–Crippen LogP) is 4.36. The number of carbonyl (C=O) groups is 3. The van der Waals surface area contributed by atoms with Gasteiger partial charge in [0.15, 0.2) is 11.9 Å². The Morgan fingerprint density at radius 1 is 0.974 bits per heavy atom. The van der Waals surface area contributed by atoms with Crippen molar-refractivity contribution in [3.8, 4) is 0 Å². The van der Waals surface area contributed by atoms with Crippen LogP contribution in [0.25, 0.3) is 0 Å². The molecular formula is C29H33N5O5. The molecule has 204 valence electrons. The molecule has 39 heavy (non-hydrogen) atoms. The highest BCUT2D eigenvalue weighted by Gasteiger charge is 2.36. The summed E-state index contributed by atoms with van der Waals surface area (Å²) in [6, 6.07) is 16.7. The first-order valence-electron chi connectivity index (χ1n) is 13.3. The molecule has 1 N–H and O–H groups in total. The van der Waals surface area contributed by atoms with Crippen LogP contribution in [0.5, 0.6) is 0 Å². The highest BCUT2D eigenvalue weighted by molar-refractivity contribution is 6.04. The molecule has 1 atom stereocenters. The molecule has 0 bridgehead atoms. The Hall–Kier alpha value is -4.18. The van der Waals surface area contributed by atoms with Gasteiger partial charge in [-0.3, -0.25) is 9.59 Å². The van der Waals surface area contributed by atoms with Crippen molar-refractivity contribution in [3.05, 3.63) is 77.0 Å². The average Bonchev–Trinajstić information content (AvgIpc) is 3.55. The largest absolute Gasteiger partial charge is 0.448 e. The Kier molecular flexibility index (Phi) is 7.92. The van der Waals surface area contributed by atoms with E-state index in [0.717, 1.165) is 29.0 Å². The van der Waals surface area contributed by atoms with E-state index in [-0.39, 0.29) is 37.3 Å². The molecule has 3 aromatic rings. The Balaban J connectivity index is 1.36. The van der Waals surface area contributed by atoms with Crippen LogP contribution in [-0.4, -0.2) is 59.4 Å². The van der Waals surface area contributed by atoms with Gasteiger partial charge < -0.3 is 24.6 Å². The monoisotopic (exact) mass is 531 g/mol. The number of aromatic nitrogens is 2. The fourth-order valence-electron chi connectivity index (χ4n) is 5.16. The molecule has 1 aromatic heterocycles. The van der Waals surface area contributed by atoms with Gasteiger partial charge in [-0.05, 0) is 56.0 Å². The van der Waals surface area contributed by atoms with Crippen molar-refractivity contribution in [2.45, 2.75) is 45.4 Å². The molecule has 1 saturated heterocycles. The zero-order valence-corrected chi connectivity index (χ0v) is 22.3. The first-order chi connectivity index (χ1) is 19.0. The SMILES string of the molecule is CCOC(=O)n1nc(NC(=O)c2ccc(N3CCCCC3)cc2)c2c1CN(C(=O)[C@H](OC)c1ccccc1)C2. The van der Waals surface area contributed by atoms with E-state index in [0.29, 0.717) is 16.8 Å². The number of nitrogens with one attached hydrogen (secondary N) is 1. The van der Waals surface area contributed by atoms with Crippen molar-refractivity contribution in [1.29, 1.82) is 0 Å². The van der Waals surface area contributed by atoms with Crippen molar-refractivity contribution >= 4 is 29.4 Å². The van der Waals surface area contributed by atoms with Crippen LogP contribution in [0.3, 0.4) is 0 Å². The molecule has 0 unspecified atom stereocenters. The number of anilines is 2. The van der Waals surface area contributed by atoms with E-state index in [2.05, 4.69) is 15.3 Å². The molecule has 1 fully saturated rings. The normalized spacial score (nSPS) is 15.5. The lowest BCUT2D eigenvalue weighted by atomic mass is 10.1. The van der Waals surface area contributed by atoms with E-state index in [1.54, 1.807) is 24.0 Å². The van der Waals surface area contributed by atoms with Crippen molar-refractivity contribution < 1.29 is 23.9 Å². The highest BCUT2D eigenvalue weighted by Crippen LogP contribution is 2.33. The number of benzene rings is 2. The van der Waals surface area contributed by atoms with Gasteiger partial charge in [0.25, 0.3) is 11.8 Å². The molecule has 10 heteroatoms. The third-order valence-corrected chi connectivity index (χ3v) is 7.18. The second-order valence-electron chi connectivity index (χ2n) is 9.65. The Bertz CT molecular complexity index is 1330. The molecule has 2 aliphatic rings. The molecule has 0 saturated carbocycles. The van der Waals surface area contributed by atoms with Gasteiger partial charge in [-0.1, -0.05) is 30.3 Å². The molecule has 2 aliphatic heterocycles. The summed E-state index contributed by atoms with van der Waals surface area (Å²) in [7, 11) is 1.49. The minimum absolute atomic E-state index is 0.132. The number of carbonyl (C=O) groups excluding carboxylic acids is 3. The highest BCUT2D eigenvalue weighted by atomic mass is 16.6. The summed E-state index contributed by atoms with van der Waals surface area (Å²) < 4.78 is 11.8. The molecule has 2 amide bonds. The van der Waals surface area contributed by atoms with Crippen molar-refractivity contribution in [2.24, 2.45) is 0 Å². The maximum absolute atomic E-state index is 13.4. The molecule has 0 spiro atoms. The maximum Gasteiger partial charge on any atom is 0.435 e. The van der Waals surface area contributed by atoms with Gasteiger partial charge in [-0.2, -0.15) is 4.68 Å². The molecule has 3 heterocycles. The van der Waals surface area contributed by atoms with Crippen molar-refractivity contribution in [3.63, 3.8) is 0 Å². The fourth-order valence-corrected chi connectivity index (χ4v) is 5.16. The van der Waals surface area contributed by atoms with Gasteiger partial charge >= 0.3 is 6.09 Å². The summed E-state index contributed by atoms with van der Waals surface area (Å²) in [5.74, 6) is -0.367. The van der Waals surface area contributed by atoms with Crippen LogP contribution in [0.15, 0.2) is 54.6 Å². The molecule has 10 nitrogen and oxygen atoms in total. The smallest absolute Gasteiger partial charge is 0.435 e. The summed E-state index contributed by atoms with van der Waals surface area (Å²) in [5.41, 5.74) is 3.40. The molecular weight excluding hydrogens is 498 g/mol. The first kappa shape index (κ1) is 26.4. The summed E-state index contributed by atoms with van der Waals surface area (Å²) in [6.45, 7) is 4.22. The standard InChI is InChI=1S/C29H33N5O5/c1-3-39-29(37)34-24-19-33(28(36)25(38-2)20-10-6-4-7-11-20)18-23(24)26(31-34)30-27(35)21-12-14-22(15-13-21)32-16-8-5-9-17-32/h4,6-7,10-15,25H,3,5,8-9,16-19H2,1-2H3,(H,30,31,35)/t25-/m1/s1. The summed E-state index contributed by atoms with van der Waals surface area (Å²) >= 11 is 0. The van der Waals surface area contributed by atoms with E-state index in [1.807, 2.05) is 42.5 Å². The minimum atomic E-state index is -0.796. The van der Waals surface area contributed by atoms with Gasteiger partial charge in [0, 0.05) is 37.0 Å². The number of hydrogen-bond donors (Lipinski definition) is 1. The number of hydrogen-bond acceptors (Lipinski definition) is 7. The van der Waals surface area contributed by atoms with E-state index in [9.17, 15) is 14.4 Å². The Morgan fingerprint density at radius 3 is 2.36 bits per heavy atom. The van der Waals surface area contributed by atoms with Gasteiger partial charge in [0.2, 0.25) is 0 Å². The van der Waals surface area contributed by atoms with Crippen molar-refractivity contribution in [1.82, 2.24) is 14.7 Å². The second kappa shape index (κ2) is 11.7. The van der Waals surface area contributed by atoms with Crippen LogP contribution in [0.4, 0.5) is 16.3 Å². The zero-order chi connectivity index (χ0) is 27.4. The quantitative estimate of drug-likeness (QED) is 0.483.